The first-order chi connectivity index (χ1) is 9.65. The van der Waals surface area contributed by atoms with Gasteiger partial charge in [0.25, 0.3) is 0 Å². The molecule has 0 fully saturated rings. The molecule has 1 aromatic heterocycles. The van der Waals surface area contributed by atoms with Crippen LogP contribution in [0.1, 0.15) is 21.7 Å². The van der Waals surface area contributed by atoms with Gasteiger partial charge in [-0.3, -0.25) is 4.79 Å². The van der Waals surface area contributed by atoms with Crippen molar-refractivity contribution in [3.8, 4) is 0 Å². The first-order valence-electron chi connectivity index (χ1n) is 6.67. The first-order valence-corrected chi connectivity index (χ1v) is 6.67. The Bertz CT molecular complexity index is 787. The van der Waals surface area contributed by atoms with Crippen LogP contribution >= 0.6 is 0 Å². The number of fused-ring (bicyclic) bond motifs is 1. The Morgan fingerprint density at radius 1 is 1.10 bits per heavy atom. The van der Waals surface area contributed by atoms with Crippen LogP contribution < -0.4 is 0 Å². The highest BCUT2D eigenvalue weighted by atomic mass is 16.1. The molecular formula is C17H16N2O. The van der Waals surface area contributed by atoms with Crippen molar-refractivity contribution in [2.24, 2.45) is 0 Å². The van der Waals surface area contributed by atoms with Crippen LogP contribution in [0.3, 0.4) is 0 Å². The summed E-state index contributed by atoms with van der Waals surface area (Å²) in [5, 5.41) is 0. The summed E-state index contributed by atoms with van der Waals surface area (Å²) < 4.78 is 1.97. The van der Waals surface area contributed by atoms with E-state index >= 15 is 0 Å². The SMILES string of the molecule is Cc1cccc(C(=O)Cn2c(C)nc3ccccc32)c1. The molecule has 0 bridgehead atoms. The number of hydrogen-bond acceptors (Lipinski definition) is 2. The highest BCUT2D eigenvalue weighted by molar-refractivity contribution is 5.96. The molecule has 0 N–H and O–H groups in total. The van der Waals surface area contributed by atoms with E-state index in [1.165, 1.54) is 0 Å². The van der Waals surface area contributed by atoms with Gasteiger partial charge in [0.05, 0.1) is 17.6 Å². The van der Waals surface area contributed by atoms with E-state index in [2.05, 4.69) is 4.98 Å². The number of hydrogen-bond donors (Lipinski definition) is 0. The number of ketones is 1. The van der Waals surface area contributed by atoms with E-state index in [0.717, 1.165) is 28.0 Å². The molecular weight excluding hydrogens is 248 g/mol. The van der Waals surface area contributed by atoms with Crippen LogP contribution in [0.15, 0.2) is 48.5 Å². The lowest BCUT2D eigenvalue weighted by Crippen LogP contribution is -2.11. The normalized spacial score (nSPS) is 10.9. The zero-order valence-corrected chi connectivity index (χ0v) is 11.6. The Labute approximate surface area is 117 Å². The van der Waals surface area contributed by atoms with Crippen molar-refractivity contribution in [2.45, 2.75) is 20.4 Å². The minimum Gasteiger partial charge on any atom is -0.320 e. The van der Waals surface area contributed by atoms with Crippen LogP contribution in [0.2, 0.25) is 0 Å². The predicted octanol–water partition coefficient (Wildman–Crippen LogP) is 3.54. The van der Waals surface area contributed by atoms with Crippen LogP contribution in [0.5, 0.6) is 0 Å². The highest BCUT2D eigenvalue weighted by Crippen LogP contribution is 2.16. The van der Waals surface area contributed by atoms with Gasteiger partial charge in [-0.1, -0.05) is 35.9 Å². The third-order valence-corrected chi connectivity index (χ3v) is 3.49. The van der Waals surface area contributed by atoms with Gasteiger partial charge in [0.1, 0.15) is 5.82 Å². The van der Waals surface area contributed by atoms with Gasteiger partial charge in [-0.15, -0.1) is 0 Å². The number of imidazole rings is 1. The second-order valence-corrected chi connectivity index (χ2v) is 5.03. The number of rotatable bonds is 3. The van der Waals surface area contributed by atoms with Gasteiger partial charge in [-0.2, -0.15) is 0 Å². The zero-order chi connectivity index (χ0) is 14.1. The van der Waals surface area contributed by atoms with Gasteiger partial charge in [0, 0.05) is 5.56 Å². The summed E-state index contributed by atoms with van der Waals surface area (Å²) in [5.74, 6) is 0.979. The summed E-state index contributed by atoms with van der Waals surface area (Å²) in [6, 6.07) is 15.6. The average molecular weight is 264 g/mol. The van der Waals surface area contributed by atoms with Gasteiger partial charge in [-0.05, 0) is 32.0 Å². The minimum atomic E-state index is 0.111. The van der Waals surface area contributed by atoms with Crippen molar-refractivity contribution in [1.29, 1.82) is 0 Å². The molecule has 0 radical (unpaired) electrons. The molecule has 3 aromatic rings. The number of carbonyl (C=O) groups excluding carboxylic acids is 1. The van der Waals surface area contributed by atoms with E-state index in [0.29, 0.717) is 6.54 Å². The number of nitrogens with zero attached hydrogens (tertiary/aromatic N) is 2. The van der Waals surface area contributed by atoms with Crippen molar-refractivity contribution in [3.63, 3.8) is 0 Å². The number of benzene rings is 2. The van der Waals surface area contributed by atoms with Crippen LogP contribution in [0.4, 0.5) is 0 Å². The molecule has 3 nitrogen and oxygen atoms in total. The fraction of sp³-hybridized carbons (Fsp3) is 0.176. The molecule has 0 aliphatic heterocycles. The fourth-order valence-corrected chi connectivity index (χ4v) is 2.45. The summed E-state index contributed by atoms with van der Waals surface area (Å²) in [6.45, 7) is 4.26. The monoisotopic (exact) mass is 264 g/mol. The van der Waals surface area contributed by atoms with Crippen LogP contribution in [0.25, 0.3) is 11.0 Å². The Hall–Kier alpha value is -2.42. The van der Waals surface area contributed by atoms with Gasteiger partial charge in [-0.25, -0.2) is 4.98 Å². The molecule has 3 heteroatoms. The molecule has 0 unspecified atom stereocenters. The lowest BCUT2D eigenvalue weighted by molar-refractivity contribution is 0.0972. The largest absolute Gasteiger partial charge is 0.320 e. The molecule has 100 valence electrons. The van der Waals surface area contributed by atoms with Crippen molar-refractivity contribution < 1.29 is 4.79 Å². The summed E-state index contributed by atoms with van der Waals surface area (Å²) in [4.78, 5) is 16.9. The zero-order valence-electron chi connectivity index (χ0n) is 11.6. The minimum absolute atomic E-state index is 0.111. The van der Waals surface area contributed by atoms with E-state index in [1.807, 2.05) is 66.9 Å². The van der Waals surface area contributed by atoms with Gasteiger partial charge < -0.3 is 4.57 Å². The molecule has 2 aromatic carbocycles. The standard InChI is InChI=1S/C17H16N2O/c1-12-6-5-7-14(10-12)17(20)11-19-13(2)18-15-8-3-4-9-16(15)19/h3-10H,11H2,1-2H3. The molecule has 0 saturated heterocycles. The number of Topliss-reactive ketones (excluding diaryl/α,β-unsaturated/α-hetero) is 1. The van der Waals surface area contributed by atoms with E-state index in [-0.39, 0.29) is 5.78 Å². The topological polar surface area (TPSA) is 34.9 Å². The highest BCUT2D eigenvalue weighted by Gasteiger charge is 2.12. The fourth-order valence-electron chi connectivity index (χ4n) is 2.45. The molecule has 1 heterocycles. The van der Waals surface area contributed by atoms with Crippen LogP contribution in [-0.4, -0.2) is 15.3 Å². The number of para-hydroxylation sites is 2. The van der Waals surface area contributed by atoms with E-state index in [4.69, 9.17) is 0 Å². The number of carbonyl (C=O) groups is 1. The predicted molar refractivity (Wildman–Crippen MR) is 80.0 cm³/mol. The van der Waals surface area contributed by atoms with Crippen molar-refractivity contribution in [2.75, 3.05) is 0 Å². The molecule has 20 heavy (non-hydrogen) atoms. The summed E-state index contributed by atoms with van der Waals surface area (Å²) in [6.07, 6.45) is 0. The van der Waals surface area contributed by atoms with Crippen molar-refractivity contribution in [1.82, 2.24) is 9.55 Å². The van der Waals surface area contributed by atoms with Gasteiger partial charge in [0.15, 0.2) is 5.78 Å². The summed E-state index contributed by atoms with van der Waals surface area (Å²) in [5.41, 5.74) is 3.79. The maximum Gasteiger partial charge on any atom is 0.182 e. The van der Waals surface area contributed by atoms with E-state index < -0.39 is 0 Å². The van der Waals surface area contributed by atoms with Gasteiger partial charge in [0.2, 0.25) is 0 Å². The number of aryl methyl sites for hydroxylation is 2. The van der Waals surface area contributed by atoms with Crippen molar-refractivity contribution in [3.05, 3.63) is 65.5 Å². The Morgan fingerprint density at radius 3 is 2.70 bits per heavy atom. The second-order valence-electron chi connectivity index (χ2n) is 5.03. The lowest BCUT2D eigenvalue weighted by Gasteiger charge is -2.06. The average Bonchev–Trinajstić information content (AvgIpc) is 2.75. The van der Waals surface area contributed by atoms with Crippen LogP contribution in [-0.2, 0) is 6.54 Å². The summed E-state index contributed by atoms with van der Waals surface area (Å²) in [7, 11) is 0. The molecule has 0 atom stereocenters. The second kappa shape index (κ2) is 4.93. The molecule has 0 spiro atoms. The van der Waals surface area contributed by atoms with Gasteiger partial charge >= 0.3 is 0 Å². The quantitative estimate of drug-likeness (QED) is 0.678. The number of aromatic nitrogens is 2. The molecule has 0 aliphatic rings. The molecule has 3 rings (SSSR count). The van der Waals surface area contributed by atoms with E-state index in [9.17, 15) is 4.79 Å². The Balaban J connectivity index is 1.97. The third kappa shape index (κ3) is 2.23. The molecule has 0 saturated carbocycles. The maximum atomic E-state index is 12.4. The molecule has 0 amide bonds. The van der Waals surface area contributed by atoms with Crippen molar-refractivity contribution >= 4 is 16.8 Å². The lowest BCUT2D eigenvalue weighted by atomic mass is 10.1. The smallest absolute Gasteiger partial charge is 0.182 e. The Kier molecular flexibility index (Phi) is 3.11. The summed E-state index contributed by atoms with van der Waals surface area (Å²) >= 11 is 0. The Morgan fingerprint density at radius 2 is 1.90 bits per heavy atom. The molecule has 0 aliphatic carbocycles. The van der Waals surface area contributed by atoms with Crippen LogP contribution in [0, 0.1) is 13.8 Å². The van der Waals surface area contributed by atoms with E-state index in [1.54, 1.807) is 0 Å². The maximum absolute atomic E-state index is 12.4. The third-order valence-electron chi connectivity index (χ3n) is 3.49. The first kappa shape index (κ1) is 12.6.